The first-order valence-electron chi connectivity index (χ1n) is 10.0. The number of ether oxygens (including phenoxy) is 2. The Morgan fingerprint density at radius 3 is 2.32 bits per heavy atom. The fourth-order valence-corrected chi connectivity index (χ4v) is 3.64. The van der Waals surface area contributed by atoms with Gasteiger partial charge in [0.2, 0.25) is 0 Å². The summed E-state index contributed by atoms with van der Waals surface area (Å²) < 4.78 is 52.1. The molecule has 1 aromatic rings. The molecule has 1 aliphatic carbocycles. The van der Waals surface area contributed by atoms with Crippen molar-refractivity contribution in [3.8, 4) is 0 Å². The lowest BCUT2D eigenvalue weighted by Crippen LogP contribution is -2.53. The molecule has 0 N–H and O–H groups in total. The summed E-state index contributed by atoms with van der Waals surface area (Å²) in [5.74, 6) is -2.30. The SMILES string of the molecule is C/C=C/C=C/C=C/[C@H]1C[C@@H](OC(=O)[C@@](OC)(c2ccccc2)C(F)(F)F)CC(=O)[C@@H]1C. The highest BCUT2D eigenvalue weighted by Gasteiger charge is 2.64. The van der Waals surface area contributed by atoms with E-state index in [1.165, 1.54) is 18.2 Å². The number of rotatable bonds is 7. The Labute approximate surface area is 180 Å². The number of carbonyl (C=O) groups excluding carboxylic acids is 2. The molecule has 4 atom stereocenters. The van der Waals surface area contributed by atoms with Gasteiger partial charge in [0.1, 0.15) is 11.9 Å². The van der Waals surface area contributed by atoms with Crippen LogP contribution in [-0.4, -0.2) is 31.1 Å². The summed E-state index contributed by atoms with van der Waals surface area (Å²) in [6.45, 7) is 3.65. The number of ketones is 1. The molecule has 1 aliphatic rings. The standard InChI is InChI=1S/C24H27F3O4/c1-4-5-6-7-9-12-18-15-20(16-21(28)17(18)2)31-22(29)23(30-3,24(25,26)27)19-13-10-8-11-14-19/h4-14,17-18,20H,15-16H2,1-3H3/b5-4+,7-6+,12-9+/t17-,18+,20-,23+/m1/s1. The van der Waals surface area contributed by atoms with Crippen molar-refractivity contribution in [2.45, 2.75) is 44.6 Å². The topological polar surface area (TPSA) is 52.6 Å². The van der Waals surface area contributed by atoms with Crippen LogP contribution in [0, 0.1) is 11.8 Å². The predicted molar refractivity (Wildman–Crippen MR) is 111 cm³/mol. The first-order valence-corrected chi connectivity index (χ1v) is 10.0. The van der Waals surface area contributed by atoms with Crippen LogP contribution in [0.3, 0.4) is 0 Å². The number of alkyl halides is 3. The molecule has 0 amide bonds. The minimum atomic E-state index is -5.05. The van der Waals surface area contributed by atoms with Crippen LogP contribution >= 0.6 is 0 Å². The number of allylic oxidation sites excluding steroid dienone is 6. The molecule has 2 rings (SSSR count). The van der Waals surface area contributed by atoms with Gasteiger partial charge >= 0.3 is 12.1 Å². The van der Waals surface area contributed by atoms with Gasteiger partial charge in [-0.2, -0.15) is 13.2 Å². The van der Waals surface area contributed by atoms with E-state index in [-0.39, 0.29) is 36.0 Å². The third-order valence-corrected chi connectivity index (χ3v) is 5.44. The summed E-state index contributed by atoms with van der Waals surface area (Å²) in [5.41, 5.74) is -3.64. The molecule has 0 aliphatic heterocycles. The molecule has 1 saturated carbocycles. The zero-order valence-corrected chi connectivity index (χ0v) is 17.8. The number of Topliss-reactive ketones (excluding diaryl/α,β-unsaturated/α-hetero) is 1. The van der Waals surface area contributed by atoms with Crippen molar-refractivity contribution in [3.63, 3.8) is 0 Å². The van der Waals surface area contributed by atoms with Crippen molar-refractivity contribution in [1.82, 2.24) is 0 Å². The van der Waals surface area contributed by atoms with Crippen LogP contribution in [0.2, 0.25) is 0 Å². The van der Waals surface area contributed by atoms with Crippen LogP contribution in [0.1, 0.15) is 32.3 Å². The molecule has 0 aromatic heterocycles. The second-order valence-electron chi connectivity index (χ2n) is 7.43. The molecule has 0 bridgehead atoms. The molecular weight excluding hydrogens is 409 g/mol. The largest absolute Gasteiger partial charge is 0.459 e. The van der Waals surface area contributed by atoms with Gasteiger partial charge in [0, 0.05) is 25.0 Å². The maximum Gasteiger partial charge on any atom is 0.432 e. The van der Waals surface area contributed by atoms with Gasteiger partial charge in [-0.15, -0.1) is 0 Å². The highest BCUT2D eigenvalue weighted by atomic mass is 19.4. The smallest absolute Gasteiger partial charge is 0.432 e. The lowest BCUT2D eigenvalue weighted by atomic mass is 9.77. The number of hydrogen-bond donors (Lipinski definition) is 0. The number of carbonyl (C=O) groups is 2. The summed E-state index contributed by atoms with van der Waals surface area (Å²) in [6, 6.07) is 6.63. The first-order chi connectivity index (χ1) is 14.7. The summed E-state index contributed by atoms with van der Waals surface area (Å²) in [6.07, 6.45) is 5.01. The minimum absolute atomic E-state index is 0.127. The lowest BCUT2D eigenvalue weighted by molar-refractivity contribution is -0.278. The molecule has 0 radical (unpaired) electrons. The van der Waals surface area contributed by atoms with Crippen molar-refractivity contribution in [1.29, 1.82) is 0 Å². The van der Waals surface area contributed by atoms with Crippen molar-refractivity contribution in [2.24, 2.45) is 11.8 Å². The Kier molecular flexibility index (Phi) is 8.39. The molecule has 7 heteroatoms. The summed E-state index contributed by atoms with van der Waals surface area (Å²) >= 11 is 0. The normalized spacial score (nSPS) is 24.7. The third kappa shape index (κ3) is 5.53. The highest BCUT2D eigenvalue weighted by molar-refractivity contribution is 5.85. The average molecular weight is 436 g/mol. The van der Waals surface area contributed by atoms with E-state index in [0.717, 1.165) is 19.2 Å². The van der Waals surface area contributed by atoms with Gasteiger partial charge in [-0.1, -0.05) is 73.7 Å². The predicted octanol–water partition coefficient (Wildman–Crippen LogP) is 5.31. The number of halogens is 3. The van der Waals surface area contributed by atoms with Crippen LogP contribution in [0.25, 0.3) is 0 Å². The molecular formula is C24H27F3O4. The van der Waals surface area contributed by atoms with Crippen molar-refractivity contribution in [2.75, 3.05) is 7.11 Å². The maximum absolute atomic E-state index is 14.0. The van der Waals surface area contributed by atoms with Crippen LogP contribution in [0.4, 0.5) is 13.2 Å². The maximum atomic E-state index is 14.0. The van der Waals surface area contributed by atoms with Crippen LogP contribution < -0.4 is 0 Å². The molecule has 1 fully saturated rings. The lowest BCUT2D eigenvalue weighted by Gasteiger charge is -2.36. The van der Waals surface area contributed by atoms with Gasteiger partial charge in [0.15, 0.2) is 0 Å². The number of methoxy groups -OCH3 is 1. The molecule has 168 valence electrons. The first kappa shape index (κ1) is 24.6. The Hall–Kier alpha value is -2.67. The quantitative estimate of drug-likeness (QED) is 0.430. The number of benzene rings is 1. The Morgan fingerprint density at radius 2 is 1.74 bits per heavy atom. The van der Waals surface area contributed by atoms with Gasteiger partial charge in [0.05, 0.1) is 0 Å². The summed E-state index contributed by atoms with van der Waals surface area (Å²) in [7, 11) is 0.818. The van der Waals surface area contributed by atoms with E-state index in [9.17, 15) is 22.8 Å². The molecule has 0 saturated heterocycles. The fraction of sp³-hybridized carbons (Fsp3) is 0.417. The van der Waals surface area contributed by atoms with E-state index in [0.29, 0.717) is 0 Å². The average Bonchev–Trinajstić information content (AvgIpc) is 2.72. The van der Waals surface area contributed by atoms with E-state index < -0.39 is 23.9 Å². The van der Waals surface area contributed by atoms with Crippen LogP contribution in [0.5, 0.6) is 0 Å². The van der Waals surface area contributed by atoms with Crippen LogP contribution in [0.15, 0.2) is 66.8 Å². The van der Waals surface area contributed by atoms with E-state index in [1.54, 1.807) is 19.1 Å². The minimum Gasteiger partial charge on any atom is -0.459 e. The molecule has 1 aromatic carbocycles. The zero-order valence-electron chi connectivity index (χ0n) is 17.8. The van der Waals surface area contributed by atoms with Crippen LogP contribution in [-0.2, 0) is 24.7 Å². The second kappa shape index (κ2) is 10.6. The number of esters is 1. The van der Waals surface area contributed by atoms with Crippen molar-refractivity contribution < 1.29 is 32.2 Å². The summed E-state index contributed by atoms with van der Waals surface area (Å²) in [4.78, 5) is 25.2. The Bertz CT molecular complexity index is 842. The molecule has 0 unspecified atom stereocenters. The van der Waals surface area contributed by atoms with Gasteiger partial charge in [0.25, 0.3) is 5.60 Å². The van der Waals surface area contributed by atoms with E-state index >= 15 is 0 Å². The van der Waals surface area contributed by atoms with Crippen molar-refractivity contribution >= 4 is 11.8 Å². The van der Waals surface area contributed by atoms with Gasteiger partial charge in [-0.3, -0.25) is 4.79 Å². The Balaban J connectivity index is 2.26. The summed E-state index contributed by atoms with van der Waals surface area (Å²) in [5, 5.41) is 0. The van der Waals surface area contributed by atoms with Crippen molar-refractivity contribution in [3.05, 3.63) is 72.4 Å². The third-order valence-electron chi connectivity index (χ3n) is 5.44. The van der Waals surface area contributed by atoms with Gasteiger partial charge in [-0.25, -0.2) is 4.79 Å². The highest BCUT2D eigenvalue weighted by Crippen LogP contribution is 2.44. The van der Waals surface area contributed by atoms with E-state index in [2.05, 4.69) is 0 Å². The molecule has 0 spiro atoms. The molecule has 4 nitrogen and oxygen atoms in total. The van der Waals surface area contributed by atoms with E-state index in [4.69, 9.17) is 9.47 Å². The molecule has 31 heavy (non-hydrogen) atoms. The van der Waals surface area contributed by atoms with Gasteiger partial charge < -0.3 is 9.47 Å². The Morgan fingerprint density at radius 1 is 1.10 bits per heavy atom. The number of hydrogen-bond acceptors (Lipinski definition) is 4. The fourth-order valence-electron chi connectivity index (χ4n) is 3.64. The second-order valence-corrected chi connectivity index (χ2v) is 7.43. The zero-order chi connectivity index (χ0) is 23.1. The molecule has 0 heterocycles. The van der Waals surface area contributed by atoms with Gasteiger partial charge in [-0.05, 0) is 19.3 Å². The van der Waals surface area contributed by atoms with E-state index in [1.807, 2.05) is 31.2 Å². The monoisotopic (exact) mass is 436 g/mol.